The number of amides is 1. The van der Waals surface area contributed by atoms with Gasteiger partial charge in [0.05, 0.1) is 10.7 Å². The fourth-order valence-corrected chi connectivity index (χ4v) is 3.99. The largest absolute Gasteiger partial charge is 0.347 e. The maximum atomic E-state index is 12.6. The first kappa shape index (κ1) is 21.9. The van der Waals surface area contributed by atoms with Crippen molar-refractivity contribution in [3.63, 3.8) is 0 Å². The Bertz CT molecular complexity index is 678. The summed E-state index contributed by atoms with van der Waals surface area (Å²) < 4.78 is 0. The lowest BCUT2D eigenvalue weighted by Crippen LogP contribution is -2.51. The lowest BCUT2D eigenvalue weighted by Gasteiger charge is -2.30. The number of carbonyl (C=O) groups is 1. The zero-order valence-electron chi connectivity index (χ0n) is 14.5. The highest BCUT2D eigenvalue weighted by Gasteiger charge is 2.24. The smallest absolute Gasteiger partial charge is 0.263 e. The van der Waals surface area contributed by atoms with Gasteiger partial charge in [0.1, 0.15) is 4.88 Å². The Morgan fingerprint density at radius 3 is 2.72 bits per heavy atom. The number of hydrogen-bond donors (Lipinski definition) is 2. The van der Waals surface area contributed by atoms with Gasteiger partial charge in [-0.05, 0) is 38.8 Å². The van der Waals surface area contributed by atoms with Gasteiger partial charge in [0, 0.05) is 18.5 Å². The summed E-state index contributed by atoms with van der Waals surface area (Å²) in [5.74, 6) is 0.0138. The van der Waals surface area contributed by atoms with Gasteiger partial charge >= 0.3 is 0 Å². The van der Waals surface area contributed by atoms with Crippen LogP contribution in [0.5, 0.6) is 0 Å². The highest BCUT2D eigenvalue weighted by molar-refractivity contribution is 7.13. The van der Waals surface area contributed by atoms with Crippen molar-refractivity contribution in [3.05, 3.63) is 51.5 Å². The monoisotopic (exact) mass is 401 g/mol. The molecule has 1 fully saturated rings. The highest BCUT2D eigenvalue weighted by atomic mass is 35.5. The van der Waals surface area contributed by atoms with Crippen LogP contribution in [0.2, 0.25) is 0 Å². The number of piperidine rings is 1. The minimum Gasteiger partial charge on any atom is -0.347 e. The lowest BCUT2D eigenvalue weighted by atomic mass is 10.00. The maximum Gasteiger partial charge on any atom is 0.263 e. The van der Waals surface area contributed by atoms with Crippen LogP contribution >= 0.6 is 36.2 Å². The number of hydrogen-bond acceptors (Lipinski definition) is 4. The lowest BCUT2D eigenvalue weighted by molar-refractivity contribution is 0.0923. The van der Waals surface area contributed by atoms with Crippen molar-refractivity contribution in [1.82, 2.24) is 15.6 Å². The molecule has 1 amide bonds. The predicted molar refractivity (Wildman–Crippen MR) is 109 cm³/mol. The molecule has 0 aliphatic carbocycles. The van der Waals surface area contributed by atoms with E-state index in [1.165, 1.54) is 16.9 Å². The molecule has 4 nitrogen and oxygen atoms in total. The van der Waals surface area contributed by atoms with Gasteiger partial charge in [-0.1, -0.05) is 30.3 Å². The number of halogens is 2. The molecule has 138 valence electrons. The Hall–Kier alpha value is -1.14. The minimum absolute atomic E-state index is 0. The molecule has 2 aromatic rings. The van der Waals surface area contributed by atoms with E-state index in [0.29, 0.717) is 6.04 Å². The third kappa shape index (κ3) is 5.68. The summed E-state index contributed by atoms with van der Waals surface area (Å²) in [5.41, 5.74) is 2.05. The Labute approximate surface area is 165 Å². The van der Waals surface area contributed by atoms with Crippen molar-refractivity contribution in [2.75, 3.05) is 6.54 Å². The average molecular weight is 402 g/mol. The minimum atomic E-state index is 0. The number of nitrogens with one attached hydrogen (secondary N) is 2. The third-order valence-electron chi connectivity index (χ3n) is 4.32. The molecule has 1 aromatic carbocycles. The first-order chi connectivity index (χ1) is 11.1. The molecule has 1 aromatic heterocycles. The molecule has 1 aliphatic rings. The van der Waals surface area contributed by atoms with Gasteiger partial charge in [-0.2, -0.15) is 0 Å². The number of benzene rings is 1. The first-order valence-electron chi connectivity index (χ1n) is 8.18. The fraction of sp³-hybridized carbons (Fsp3) is 0.444. The highest BCUT2D eigenvalue weighted by Crippen LogP contribution is 2.21. The second kappa shape index (κ2) is 10.1. The number of aryl methyl sites for hydroxylation is 1. The van der Waals surface area contributed by atoms with E-state index in [0.717, 1.165) is 41.4 Å². The summed E-state index contributed by atoms with van der Waals surface area (Å²) in [6, 6.07) is 10.8. The summed E-state index contributed by atoms with van der Waals surface area (Å²) in [6.45, 7) is 5.08. The van der Waals surface area contributed by atoms with Crippen molar-refractivity contribution in [2.45, 2.75) is 45.2 Å². The molecule has 0 spiro atoms. The van der Waals surface area contributed by atoms with Crippen LogP contribution < -0.4 is 10.6 Å². The van der Waals surface area contributed by atoms with Crippen LogP contribution in [-0.2, 0) is 6.42 Å². The molecule has 7 heteroatoms. The molecule has 1 saturated heterocycles. The van der Waals surface area contributed by atoms with Crippen LogP contribution in [-0.4, -0.2) is 29.5 Å². The van der Waals surface area contributed by atoms with Crippen LogP contribution in [0.3, 0.4) is 0 Å². The zero-order valence-corrected chi connectivity index (χ0v) is 16.9. The predicted octanol–water partition coefficient (Wildman–Crippen LogP) is 3.76. The van der Waals surface area contributed by atoms with Gasteiger partial charge in [0.2, 0.25) is 0 Å². The van der Waals surface area contributed by atoms with Crippen LogP contribution in [0.25, 0.3) is 0 Å². The maximum absolute atomic E-state index is 12.6. The summed E-state index contributed by atoms with van der Waals surface area (Å²) in [6.07, 6.45) is 2.92. The topological polar surface area (TPSA) is 54.0 Å². The average Bonchev–Trinajstić information content (AvgIpc) is 2.91. The number of thiazole rings is 1. The molecule has 0 radical (unpaired) electrons. The van der Waals surface area contributed by atoms with Crippen molar-refractivity contribution in [3.8, 4) is 0 Å². The zero-order chi connectivity index (χ0) is 16.2. The number of aromatic nitrogens is 1. The second-order valence-electron chi connectivity index (χ2n) is 6.15. The van der Waals surface area contributed by atoms with E-state index in [4.69, 9.17) is 0 Å². The van der Waals surface area contributed by atoms with Gasteiger partial charge in [0.25, 0.3) is 5.91 Å². The summed E-state index contributed by atoms with van der Waals surface area (Å²) in [4.78, 5) is 17.9. The van der Waals surface area contributed by atoms with E-state index in [2.05, 4.69) is 34.7 Å². The van der Waals surface area contributed by atoms with Crippen molar-refractivity contribution in [1.29, 1.82) is 0 Å². The van der Waals surface area contributed by atoms with Crippen molar-refractivity contribution >= 4 is 42.1 Å². The second-order valence-corrected chi connectivity index (χ2v) is 7.23. The van der Waals surface area contributed by atoms with Gasteiger partial charge in [-0.25, -0.2) is 4.98 Å². The molecule has 25 heavy (non-hydrogen) atoms. The van der Waals surface area contributed by atoms with Crippen molar-refractivity contribution in [2.24, 2.45) is 0 Å². The van der Waals surface area contributed by atoms with Gasteiger partial charge in [0.15, 0.2) is 0 Å². The van der Waals surface area contributed by atoms with E-state index >= 15 is 0 Å². The molecular formula is C18H25Cl2N3OS. The number of rotatable bonds is 4. The Balaban J connectivity index is 0.00000156. The van der Waals surface area contributed by atoms with E-state index in [1.54, 1.807) is 0 Å². The number of nitrogens with zero attached hydrogens (tertiary/aromatic N) is 1. The SMILES string of the molecule is Cc1nc(Cc2ccccc2)sc1C(=O)NC1CCCNC1C.Cl.Cl. The molecule has 2 heterocycles. The van der Waals surface area contributed by atoms with Gasteiger partial charge in [-0.3, -0.25) is 4.79 Å². The third-order valence-corrected chi connectivity index (χ3v) is 5.48. The van der Waals surface area contributed by atoms with Gasteiger partial charge in [-0.15, -0.1) is 36.2 Å². The van der Waals surface area contributed by atoms with E-state index in [1.807, 2.05) is 25.1 Å². The Morgan fingerprint density at radius 1 is 1.32 bits per heavy atom. The molecule has 2 N–H and O–H groups in total. The van der Waals surface area contributed by atoms with Crippen LogP contribution in [0.1, 0.15) is 45.7 Å². The molecule has 2 unspecified atom stereocenters. The number of carbonyl (C=O) groups excluding carboxylic acids is 1. The standard InChI is InChI=1S/C18H23N3OS.2ClH/c1-12-15(9-6-10-19-12)21-18(22)17-13(2)20-16(23-17)11-14-7-4-3-5-8-14;;/h3-5,7-8,12,15,19H,6,9-11H2,1-2H3,(H,21,22);2*1H. The Morgan fingerprint density at radius 2 is 2.04 bits per heavy atom. The molecule has 2 atom stereocenters. The fourth-order valence-electron chi connectivity index (χ4n) is 2.98. The first-order valence-corrected chi connectivity index (χ1v) is 8.99. The van der Waals surface area contributed by atoms with Crippen molar-refractivity contribution < 1.29 is 4.79 Å². The molecular weight excluding hydrogens is 377 g/mol. The summed E-state index contributed by atoms with van der Waals surface area (Å²) >= 11 is 1.51. The van der Waals surface area contributed by atoms with E-state index in [9.17, 15) is 4.79 Å². The molecule has 0 bridgehead atoms. The van der Waals surface area contributed by atoms with Crippen LogP contribution in [0.15, 0.2) is 30.3 Å². The summed E-state index contributed by atoms with van der Waals surface area (Å²) in [7, 11) is 0. The van der Waals surface area contributed by atoms with Crippen LogP contribution in [0, 0.1) is 6.92 Å². The quantitative estimate of drug-likeness (QED) is 0.819. The van der Waals surface area contributed by atoms with E-state index < -0.39 is 0 Å². The Kier molecular flexibility index (Phi) is 8.86. The molecule has 3 rings (SSSR count). The summed E-state index contributed by atoms with van der Waals surface area (Å²) in [5, 5.41) is 7.58. The van der Waals surface area contributed by atoms with Gasteiger partial charge < -0.3 is 10.6 Å². The van der Waals surface area contributed by atoms with Crippen LogP contribution in [0.4, 0.5) is 0 Å². The van der Waals surface area contributed by atoms with E-state index in [-0.39, 0.29) is 36.8 Å². The molecule has 1 aliphatic heterocycles. The molecule has 0 saturated carbocycles. The normalized spacial score (nSPS) is 19.4.